The minimum absolute atomic E-state index is 0. The van der Waals surface area contributed by atoms with Crippen molar-refractivity contribution in [3.63, 3.8) is 0 Å². The molecule has 1 saturated heterocycles. The lowest BCUT2D eigenvalue weighted by molar-refractivity contribution is -0.691. The number of hydrazine groups is 2. The normalized spacial score (nSPS) is 16.8. The standard InChI is InChI=1S/C19H18N4.HI/c1-4-10-16(11-5-1)19-20-22(17-12-6-2-7-13-17)23(21-19)18-14-8-3-9-15-18;/h1-15,19-21H;1H. The number of nitrogens with two attached hydrogens (primary N) is 1. The highest BCUT2D eigenvalue weighted by Crippen LogP contribution is 2.22. The summed E-state index contributed by atoms with van der Waals surface area (Å²) in [6, 6.07) is 31.2. The zero-order valence-electron chi connectivity index (χ0n) is 13.1. The molecule has 1 heterocycles. The SMILES string of the molecule is [I-].c1ccc(C2NN(c3ccccc3)N(c3ccccc3)[NH2+]2)cc1. The lowest BCUT2D eigenvalue weighted by Crippen LogP contribution is -3.00. The van der Waals surface area contributed by atoms with E-state index in [9.17, 15) is 0 Å². The highest BCUT2D eigenvalue weighted by molar-refractivity contribution is 5.55. The van der Waals surface area contributed by atoms with Crippen molar-refractivity contribution in [2.45, 2.75) is 6.17 Å². The van der Waals surface area contributed by atoms with E-state index in [1.807, 2.05) is 18.2 Å². The molecule has 3 aromatic rings. The van der Waals surface area contributed by atoms with Crippen LogP contribution in [0.4, 0.5) is 11.4 Å². The van der Waals surface area contributed by atoms with Crippen molar-refractivity contribution in [3.8, 4) is 0 Å². The second kappa shape index (κ2) is 7.65. The van der Waals surface area contributed by atoms with Crippen molar-refractivity contribution < 1.29 is 29.4 Å². The smallest absolute Gasteiger partial charge is 0.208 e. The summed E-state index contributed by atoms with van der Waals surface area (Å²) in [5, 5.41) is 4.25. The number of anilines is 2. The molecule has 24 heavy (non-hydrogen) atoms. The Balaban J connectivity index is 0.00000169. The molecule has 0 aromatic heterocycles. The van der Waals surface area contributed by atoms with E-state index in [4.69, 9.17) is 0 Å². The van der Waals surface area contributed by atoms with E-state index in [2.05, 4.69) is 93.9 Å². The third-order valence-corrected chi connectivity index (χ3v) is 3.95. The molecule has 1 unspecified atom stereocenters. The van der Waals surface area contributed by atoms with E-state index >= 15 is 0 Å². The largest absolute Gasteiger partial charge is 1.00 e. The van der Waals surface area contributed by atoms with Crippen LogP contribution in [0.25, 0.3) is 0 Å². The minimum atomic E-state index is 0. The third kappa shape index (κ3) is 3.38. The van der Waals surface area contributed by atoms with Gasteiger partial charge in [0, 0.05) is 5.56 Å². The summed E-state index contributed by atoms with van der Waals surface area (Å²) in [5.41, 5.74) is 9.25. The van der Waals surface area contributed by atoms with Gasteiger partial charge in [0.25, 0.3) is 0 Å². The highest BCUT2D eigenvalue weighted by atomic mass is 127. The van der Waals surface area contributed by atoms with Crippen molar-refractivity contribution in [2.24, 2.45) is 0 Å². The summed E-state index contributed by atoms with van der Waals surface area (Å²) in [6.07, 6.45) is 0.136. The number of quaternary nitrogens is 1. The van der Waals surface area contributed by atoms with Crippen molar-refractivity contribution in [2.75, 3.05) is 10.2 Å². The van der Waals surface area contributed by atoms with Crippen LogP contribution in [0.5, 0.6) is 0 Å². The second-order valence-corrected chi connectivity index (χ2v) is 5.49. The van der Waals surface area contributed by atoms with Crippen LogP contribution >= 0.6 is 0 Å². The van der Waals surface area contributed by atoms with Crippen molar-refractivity contribution in [1.29, 1.82) is 0 Å². The first-order valence-corrected chi connectivity index (χ1v) is 7.77. The maximum atomic E-state index is 3.58. The fraction of sp³-hybridized carbons (Fsp3) is 0.0526. The number of rotatable bonds is 3. The molecule has 5 heteroatoms. The maximum Gasteiger partial charge on any atom is 0.208 e. The zero-order valence-corrected chi connectivity index (χ0v) is 15.2. The van der Waals surface area contributed by atoms with Gasteiger partial charge in [-0.3, -0.25) is 0 Å². The Bertz CT molecular complexity index is 705. The molecular weight excluding hydrogens is 411 g/mol. The van der Waals surface area contributed by atoms with Gasteiger partial charge in [0.1, 0.15) is 5.69 Å². The molecule has 1 fully saturated rings. The summed E-state index contributed by atoms with van der Waals surface area (Å²) in [5.74, 6) is 0. The van der Waals surface area contributed by atoms with Gasteiger partial charge in [-0.15, -0.1) is 5.12 Å². The van der Waals surface area contributed by atoms with E-state index in [-0.39, 0.29) is 30.1 Å². The van der Waals surface area contributed by atoms with Gasteiger partial charge >= 0.3 is 0 Å². The van der Waals surface area contributed by atoms with Crippen LogP contribution in [-0.4, -0.2) is 0 Å². The van der Waals surface area contributed by atoms with E-state index in [0.29, 0.717) is 0 Å². The van der Waals surface area contributed by atoms with Crippen LogP contribution in [0.3, 0.4) is 0 Å². The Morgan fingerprint density at radius 1 is 0.667 bits per heavy atom. The van der Waals surface area contributed by atoms with Gasteiger partial charge in [0.05, 0.1) is 5.69 Å². The number of nitrogens with one attached hydrogen (secondary N) is 1. The number of halogens is 1. The number of benzene rings is 3. The molecule has 1 aliphatic heterocycles. The maximum absolute atomic E-state index is 3.58. The van der Waals surface area contributed by atoms with Crippen LogP contribution in [0.1, 0.15) is 11.7 Å². The first-order valence-electron chi connectivity index (χ1n) is 7.77. The molecule has 0 radical (unpaired) electrons. The lowest BCUT2D eigenvalue weighted by Gasteiger charge is -2.25. The first-order chi connectivity index (χ1) is 11.4. The van der Waals surface area contributed by atoms with E-state index < -0.39 is 0 Å². The molecule has 0 aliphatic carbocycles. The van der Waals surface area contributed by atoms with Gasteiger partial charge in [-0.1, -0.05) is 66.7 Å². The fourth-order valence-corrected chi connectivity index (χ4v) is 2.81. The van der Waals surface area contributed by atoms with E-state index in [1.165, 1.54) is 5.56 Å². The monoisotopic (exact) mass is 430 g/mol. The fourth-order valence-electron chi connectivity index (χ4n) is 2.81. The summed E-state index contributed by atoms with van der Waals surface area (Å²) < 4.78 is 0. The molecule has 122 valence electrons. The molecule has 3 aromatic carbocycles. The number of nitrogens with zero attached hydrogens (tertiary/aromatic N) is 2. The molecule has 3 N–H and O–H groups in total. The van der Waals surface area contributed by atoms with Gasteiger partial charge in [0.2, 0.25) is 6.17 Å². The average molecular weight is 430 g/mol. The summed E-state index contributed by atoms with van der Waals surface area (Å²) >= 11 is 0. The van der Waals surface area contributed by atoms with Gasteiger partial charge in [-0.25, -0.2) is 5.43 Å². The van der Waals surface area contributed by atoms with Crippen LogP contribution in [0.15, 0.2) is 91.0 Å². The average Bonchev–Trinajstić information content (AvgIpc) is 3.09. The van der Waals surface area contributed by atoms with E-state index in [1.54, 1.807) is 0 Å². The predicted octanol–water partition coefficient (Wildman–Crippen LogP) is -0.386. The van der Waals surface area contributed by atoms with Gasteiger partial charge in [0.15, 0.2) is 0 Å². The molecule has 1 aliphatic rings. The van der Waals surface area contributed by atoms with Crippen molar-refractivity contribution >= 4 is 11.4 Å². The van der Waals surface area contributed by atoms with Gasteiger partial charge in [-0.05, 0) is 24.3 Å². The third-order valence-electron chi connectivity index (χ3n) is 3.95. The van der Waals surface area contributed by atoms with Crippen LogP contribution in [-0.2, 0) is 0 Å². The molecule has 4 nitrogen and oxygen atoms in total. The molecule has 0 bridgehead atoms. The summed E-state index contributed by atoms with van der Waals surface area (Å²) in [4.78, 5) is 0. The van der Waals surface area contributed by atoms with Gasteiger partial charge < -0.3 is 24.0 Å². The Morgan fingerprint density at radius 2 is 1.17 bits per heavy atom. The topological polar surface area (TPSA) is 35.1 Å². The highest BCUT2D eigenvalue weighted by Gasteiger charge is 2.34. The molecule has 0 amide bonds. The molecule has 0 saturated carbocycles. The quantitative estimate of drug-likeness (QED) is 0.439. The lowest BCUT2D eigenvalue weighted by atomic mass is 10.2. The molecule has 0 spiro atoms. The predicted molar refractivity (Wildman–Crippen MR) is 92.1 cm³/mol. The Morgan fingerprint density at radius 3 is 1.75 bits per heavy atom. The number of hydrogen-bond acceptors (Lipinski definition) is 3. The van der Waals surface area contributed by atoms with E-state index in [0.717, 1.165) is 11.4 Å². The first kappa shape index (κ1) is 16.8. The second-order valence-electron chi connectivity index (χ2n) is 5.49. The molecule has 1 atom stereocenters. The Labute approximate surface area is 159 Å². The minimum Gasteiger partial charge on any atom is -1.00 e. The number of hydrogen-bond donors (Lipinski definition) is 2. The molecular formula is C19H19IN4. The molecule has 4 rings (SSSR count). The summed E-state index contributed by atoms with van der Waals surface area (Å²) in [6.45, 7) is 0. The Hall–Kier alpha value is -2.09. The number of para-hydroxylation sites is 2. The van der Waals surface area contributed by atoms with Crippen molar-refractivity contribution in [3.05, 3.63) is 96.6 Å². The van der Waals surface area contributed by atoms with Gasteiger partial charge in [-0.2, -0.15) is 10.5 Å². The van der Waals surface area contributed by atoms with Crippen LogP contribution in [0, 0.1) is 0 Å². The zero-order chi connectivity index (χ0) is 15.5. The van der Waals surface area contributed by atoms with Crippen molar-refractivity contribution in [1.82, 2.24) is 5.43 Å². The van der Waals surface area contributed by atoms with Crippen LogP contribution < -0.4 is 45.1 Å². The summed E-state index contributed by atoms with van der Waals surface area (Å²) in [7, 11) is 0. The Kier molecular flexibility index (Phi) is 5.34. The van der Waals surface area contributed by atoms with Crippen LogP contribution in [0.2, 0.25) is 0 Å².